The van der Waals surface area contributed by atoms with Gasteiger partial charge in [0.1, 0.15) is 5.75 Å². The minimum absolute atomic E-state index is 0.0579. The van der Waals surface area contributed by atoms with Crippen LogP contribution in [0.3, 0.4) is 0 Å². The summed E-state index contributed by atoms with van der Waals surface area (Å²) in [6.07, 6.45) is 0. The van der Waals surface area contributed by atoms with E-state index in [4.69, 9.17) is 11.5 Å². The summed E-state index contributed by atoms with van der Waals surface area (Å²) in [4.78, 5) is 11.5. The van der Waals surface area contributed by atoms with Gasteiger partial charge in [-0.2, -0.15) is 15.0 Å². The number of benzene rings is 1. The van der Waals surface area contributed by atoms with E-state index in [2.05, 4.69) is 15.0 Å². The first-order valence-electron chi connectivity index (χ1n) is 4.63. The number of hydrogen-bond acceptors (Lipinski definition) is 6. The fourth-order valence-electron chi connectivity index (χ4n) is 1.29. The molecule has 0 aliphatic heterocycles. The highest BCUT2D eigenvalue weighted by atomic mass is 16.3. The van der Waals surface area contributed by atoms with Gasteiger partial charge in [0.05, 0.1) is 0 Å². The van der Waals surface area contributed by atoms with Crippen LogP contribution < -0.4 is 11.5 Å². The van der Waals surface area contributed by atoms with Crippen LogP contribution in [0.15, 0.2) is 18.2 Å². The summed E-state index contributed by atoms with van der Waals surface area (Å²) in [7, 11) is 0. The van der Waals surface area contributed by atoms with Crippen molar-refractivity contribution >= 4 is 11.9 Å². The maximum absolute atomic E-state index is 9.57. The largest absolute Gasteiger partial charge is 0.508 e. The molecule has 0 fully saturated rings. The average molecular weight is 217 g/mol. The molecule has 1 aromatic carbocycles. The van der Waals surface area contributed by atoms with Crippen molar-refractivity contribution < 1.29 is 5.11 Å². The van der Waals surface area contributed by atoms with Crippen LogP contribution in [0.2, 0.25) is 0 Å². The Hall–Kier alpha value is -2.37. The Morgan fingerprint density at radius 1 is 1.06 bits per heavy atom. The topological polar surface area (TPSA) is 111 Å². The van der Waals surface area contributed by atoms with Crippen LogP contribution in [0.5, 0.6) is 5.75 Å². The molecule has 16 heavy (non-hydrogen) atoms. The molecule has 0 bridgehead atoms. The van der Waals surface area contributed by atoms with Gasteiger partial charge in [-0.1, -0.05) is 12.1 Å². The van der Waals surface area contributed by atoms with Crippen LogP contribution in [0.4, 0.5) is 11.9 Å². The van der Waals surface area contributed by atoms with Gasteiger partial charge in [-0.15, -0.1) is 0 Å². The zero-order valence-corrected chi connectivity index (χ0v) is 8.68. The summed E-state index contributed by atoms with van der Waals surface area (Å²) in [6, 6.07) is 5.10. The van der Waals surface area contributed by atoms with Crippen molar-refractivity contribution in [1.82, 2.24) is 15.0 Å². The molecule has 6 nitrogen and oxygen atoms in total. The van der Waals surface area contributed by atoms with Gasteiger partial charge < -0.3 is 16.6 Å². The molecule has 0 aliphatic carbocycles. The van der Waals surface area contributed by atoms with E-state index in [1.807, 2.05) is 0 Å². The second-order valence-corrected chi connectivity index (χ2v) is 3.38. The zero-order valence-electron chi connectivity index (χ0n) is 8.68. The number of aromatic hydroxyl groups is 1. The number of phenolic OH excluding ortho intramolecular Hbond substituents is 1. The first kappa shape index (κ1) is 10.2. The molecular weight excluding hydrogens is 206 g/mol. The normalized spacial score (nSPS) is 10.3. The number of anilines is 2. The maximum Gasteiger partial charge on any atom is 0.225 e. The third kappa shape index (κ3) is 1.85. The van der Waals surface area contributed by atoms with Gasteiger partial charge in [0.2, 0.25) is 11.9 Å². The molecule has 0 radical (unpaired) electrons. The summed E-state index contributed by atoms with van der Waals surface area (Å²) >= 11 is 0. The van der Waals surface area contributed by atoms with Gasteiger partial charge in [-0.3, -0.25) is 0 Å². The molecule has 2 rings (SSSR count). The minimum atomic E-state index is 0.0579. The van der Waals surface area contributed by atoms with E-state index in [1.165, 1.54) is 0 Å². The molecule has 82 valence electrons. The summed E-state index contributed by atoms with van der Waals surface area (Å²) < 4.78 is 0. The highest BCUT2D eigenvalue weighted by molar-refractivity contribution is 5.60. The molecule has 5 N–H and O–H groups in total. The smallest absolute Gasteiger partial charge is 0.225 e. The second kappa shape index (κ2) is 3.65. The highest BCUT2D eigenvalue weighted by Gasteiger charge is 2.06. The van der Waals surface area contributed by atoms with Crippen LogP contribution in [0.25, 0.3) is 11.4 Å². The Labute approximate surface area is 92.0 Å². The Bertz CT molecular complexity index is 520. The number of aromatic nitrogens is 3. The summed E-state index contributed by atoms with van der Waals surface area (Å²) in [5.74, 6) is 0.639. The van der Waals surface area contributed by atoms with Gasteiger partial charge in [-0.05, 0) is 18.6 Å². The van der Waals surface area contributed by atoms with E-state index in [9.17, 15) is 5.11 Å². The molecule has 0 unspecified atom stereocenters. The summed E-state index contributed by atoms with van der Waals surface area (Å²) in [6.45, 7) is 1.80. The Morgan fingerprint density at radius 3 is 2.25 bits per heavy atom. The zero-order chi connectivity index (χ0) is 11.7. The first-order chi connectivity index (χ1) is 7.56. The van der Waals surface area contributed by atoms with E-state index in [1.54, 1.807) is 25.1 Å². The quantitative estimate of drug-likeness (QED) is 0.649. The van der Waals surface area contributed by atoms with Gasteiger partial charge in [-0.25, -0.2) is 0 Å². The lowest BCUT2D eigenvalue weighted by molar-refractivity contribution is 0.471. The van der Waals surface area contributed by atoms with Crippen LogP contribution in [0, 0.1) is 6.92 Å². The molecule has 2 aromatic rings. The Kier molecular flexibility index (Phi) is 2.32. The molecule has 1 aromatic heterocycles. The Balaban J connectivity index is 2.54. The van der Waals surface area contributed by atoms with Gasteiger partial charge >= 0.3 is 0 Å². The van der Waals surface area contributed by atoms with Crippen molar-refractivity contribution in [2.45, 2.75) is 6.92 Å². The van der Waals surface area contributed by atoms with Crippen molar-refractivity contribution in [3.63, 3.8) is 0 Å². The average Bonchev–Trinajstić information content (AvgIpc) is 2.20. The predicted octanol–water partition coefficient (Wildman–Crippen LogP) is 0.717. The fraction of sp³-hybridized carbons (Fsp3) is 0.100. The van der Waals surface area contributed by atoms with Gasteiger partial charge in [0, 0.05) is 5.56 Å². The third-order valence-corrected chi connectivity index (χ3v) is 2.14. The van der Waals surface area contributed by atoms with Gasteiger partial charge in [0.15, 0.2) is 5.82 Å². The maximum atomic E-state index is 9.57. The SMILES string of the molecule is Cc1ccc(-c2nc(N)nc(N)n2)cc1O. The second-order valence-electron chi connectivity index (χ2n) is 3.38. The monoisotopic (exact) mass is 217 g/mol. The van der Waals surface area contributed by atoms with Crippen molar-refractivity contribution in [2.75, 3.05) is 11.5 Å². The van der Waals surface area contributed by atoms with Crippen molar-refractivity contribution in [3.8, 4) is 17.1 Å². The molecule has 0 saturated heterocycles. The van der Waals surface area contributed by atoms with Crippen molar-refractivity contribution in [2.24, 2.45) is 0 Å². The Morgan fingerprint density at radius 2 is 1.69 bits per heavy atom. The molecular formula is C10H11N5O. The number of aryl methyl sites for hydroxylation is 1. The van der Waals surface area contributed by atoms with Crippen molar-refractivity contribution in [3.05, 3.63) is 23.8 Å². The minimum Gasteiger partial charge on any atom is -0.508 e. The summed E-state index contributed by atoms with van der Waals surface area (Å²) in [5, 5.41) is 9.57. The van der Waals surface area contributed by atoms with Crippen LogP contribution in [-0.4, -0.2) is 20.1 Å². The lowest BCUT2D eigenvalue weighted by Crippen LogP contribution is -2.04. The van der Waals surface area contributed by atoms with Crippen molar-refractivity contribution in [1.29, 1.82) is 0 Å². The predicted molar refractivity (Wildman–Crippen MR) is 60.5 cm³/mol. The van der Waals surface area contributed by atoms with Gasteiger partial charge in [0.25, 0.3) is 0 Å². The number of hydrogen-bond donors (Lipinski definition) is 3. The fourth-order valence-corrected chi connectivity index (χ4v) is 1.29. The molecule has 6 heteroatoms. The van der Waals surface area contributed by atoms with E-state index in [-0.39, 0.29) is 17.6 Å². The molecule has 0 spiro atoms. The van der Waals surface area contributed by atoms with Crippen LogP contribution in [-0.2, 0) is 0 Å². The number of nitrogens with zero attached hydrogens (tertiary/aromatic N) is 3. The van der Waals surface area contributed by atoms with E-state index >= 15 is 0 Å². The number of nitrogens with two attached hydrogens (primary N) is 2. The lowest BCUT2D eigenvalue weighted by Gasteiger charge is -2.04. The number of nitrogen functional groups attached to an aromatic ring is 2. The standard InChI is InChI=1S/C10H11N5O/c1-5-2-3-6(4-7(5)16)8-13-9(11)15-10(12)14-8/h2-4,16H,1H3,(H4,11,12,13,14,15). The first-order valence-corrected chi connectivity index (χ1v) is 4.63. The summed E-state index contributed by atoms with van der Waals surface area (Å²) in [5.41, 5.74) is 12.3. The van der Waals surface area contributed by atoms with Crippen LogP contribution >= 0.6 is 0 Å². The van der Waals surface area contributed by atoms with E-state index in [0.717, 1.165) is 5.56 Å². The van der Waals surface area contributed by atoms with Crippen LogP contribution in [0.1, 0.15) is 5.56 Å². The molecule has 0 saturated carbocycles. The van der Waals surface area contributed by atoms with E-state index in [0.29, 0.717) is 11.4 Å². The van der Waals surface area contributed by atoms with E-state index < -0.39 is 0 Å². The third-order valence-electron chi connectivity index (χ3n) is 2.14. The highest BCUT2D eigenvalue weighted by Crippen LogP contribution is 2.23. The number of phenols is 1. The molecule has 0 aliphatic rings. The molecule has 0 amide bonds. The number of rotatable bonds is 1. The lowest BCUT2D eigenvalue weighted by atomic mass is 10.1. The molecule has 0 atom stereocenters. The molecule has 1 heterocycles.